The number of hydrogen-bond donors (Lipinski definition) is 0. The maximum atomic E-state index is 14.2. The zero-order valence-electron chi connectivity index (χ0n) is 17.3. The van der Waals surface area contributed by atoms with Crippen LogP contribution in [-0.2, 0) is 17.7 Å². The van der Waals surface area contributed by atoms with Crippen LogP contribution in [0.2, 0.25) is 5.02 Å². The largest absolute Gasteiger partial charge is 0.461 e. The number of pyridine rings is 1. The van der Waals surface area contributed by atoms with E-state index in [1.165, 1.54) is 12.1 Å². The summed E-state index contributed by atoms with van der Waals surface area (Å²) in [7, 11) is 0. The molecular formula is C25H20ClFN2O3. The Kier molecular flexibility index (Phi) is 6.32. The highest BCUT2D eigenvalue weighted by Crippen LogP contribution is 2.31. The fourth-order valence-electron chi connectivity index (χ4n) is 3.73. The number of carbonyl (C=O) groups is 2. The number of benzene rings is 2. The summed E-state index contributed by atoms with van der Waals surface area (Å²) in [6, 6.07) is 14.3. The summed E-state index contributed by atoms with van der Waals surface area (Å²) in [5.41, 5.74) is 2.12. The van der Waals surface area contributed by atoms with Gasteiger partial charge in [-0.05, 0) is 67.4 Å². The van der Waals surface area contributed by atoms with Crippen molar-refractivity contribution >= 4 is 34.3 Å². The summed E-state index contributed by atoms with van der Waals surface area (Å²) >= 11 is 5.96. The number of ether oxygens (including phenoxy) is 1. The van der Waals surface area contributed by atoms with E-state index in [1.807, 2.05) is 12.1 Å². The third kappa shape index (κ3) is 4.27. The summed E-state index contributed by atoms with van der Waals surface area (Å²) in [5.74, 6) is -1.53. The molecule has 0 fully saturated rings. The Balaban J connectivity index is 1.91. The lowest BCUT2D eigenvalue weighted by Gasteiger charge is -2.11. The second kappa shape index (κ2) is 9.32. The fourth-order valence-corrected chi connectivity index (χ4v) is 3.86. The van der Waals surface area contributed by atoms with Crippen molar-refractivity contribution in [3.8, 4) is 0 Å². The van der Waals surface area contributed by atoms with E-state index in [9.17, 15) is 14.0 Å². The molecule has 0 aliphatic heterocycles. The molecule has 2 heterocycles. The van der Waals surface area contributed by atoms with Gasteiger partial charge in [-0.1, -0.05) is 17.7 Å². The van der Waals surface area contributed by atoms with Crippen LogP contribution in [0.5, 0.6) is 0 Å². The van der Waals surface area contributed by atoms with Crippen molar-refractivity contribution in [2.75, 3.05) is 6.61 Å². The van der Waals surface area contributed by atoms with E-state index in [-0.39, 0.29) is 17.9 Å². The van der Waals surface area contributed by atoms with Gasteiger partial charge in [-0.25, -0.2) is 9.18 Å². The number of carbonyl (C=O) groups excluding carboxylic acids is 2. The van der Waals surface area contributed by atoms with Gasteiger partial charge >= 0.3 is 5.97 Å². The van der Waals surface area contributed by atoms with Crippen LogP contribution < -0.4 is 0 Å². The quantitative estimate of drug-likeness (QED) is 0.276. The zero-order valence-corrected chi connectivity index (χ0v) is 18.1. The Labute approximate surface area is 189 Å². The van der Waals surface area contributed by atoms with Crippen molar-refractivity contribution in [3.63, 3.8) is 0 Å². The first-order valence-electron chi connectivity index (χ1n) is 10.2. The smallest absolute Gasteiger partial charge is 0.355 e. The van der Waals surface area contributed by atoms with Crippen molar-refractivity contribution in [1.82, 2.24) is 9.55 Å². The lowest BCUT2D eigenvalue weighted by Crippen LogP contribution is -2.17. The molecule has 0 bridgehead atoms. The molecule has 0 amide bonds. The molecule has 4 rings (SSSR count). The van der Waals surface area contributed by atoms with Crippen molar-refractivity contribution < 1.29 is 18.7 Å². The number of esters is 1. The molecule has 0 saturated heterocycles. The zero-order chi connectivity index (χ0) is 22.7. The third-order valence-corrected chi connectivity index (χ3v) is 5.43. The SMILES string of the molecule is CCOC(=O)c1c(C(=O)c2ccc(Cl)cc2)c2cc(F)ccc2n1CCc1cccnc1. The van der Waals surface area contributed by atoms with Gasteiger partial charge in [0.15, 0.2) is 5.78 Å². The lowest BCUT2D eigenvalue weighted by atomic mass is 10.00. The maximum absolute atomic E-state index is 14.2. The Morgan fingerprint density at radius 1 is 1.12 bits per heavy atom. The molecule has 0 unspecified atom stereocenters. The Bertz CT molecular complexity index is 1280. The van der Waals surface area contributed by atoms with Gasteiger partial charge in [0.25, 0.3) is 0 Å². The van der Waals surface area contributed by atoms with Crippen LogP contribution in [0.25, 0.3) is 10.9 Å². The van der Waals surface area contributed by atoms with E-state index in [4.69, 9.17) is 16.3 Å². The molecule has 162 valence electrons. The average molecular weight is 451 g/mol. The number of nitrogens with zero attached hydrogens (tertiary/aromatic N) is 2. The average Bonchev–Trinajstić information content (AvgIpc) is 3.12. The minimum absolute atomic E-state index is 0.108. The van der Waals surface area contributed by atoms with Crippen LogP contribution in [-0.4, -0.2) is 27.9 Å². The van der Waals surface area contributed by atoms with Crippen LogP contribution in [0.1, 0.15) is 38.9 Å². The molecule has 0 aliphatic carbocycles. The number of halogens is 2. The van der Waals surface area contributed by atoms with Crippen LogP contribution in [0, 0.1) is 5.82 Å². The third-order valence-electron chi connectivity index (χ3n) is 5.17. The molecule has 5 nitrogen and oxygen atoms in total. The van der Waals surface area contributed by atoms with Crippen LogP contribution in [0.15, 0.2) is 67.0 Å². The van der Waals surface area contributed by atoms with Gasteiger partial charge in [0.1, 0.15) is 11.5 Å². The number of ketones is 1. The van der Waals surface area contributed by atoms with Crippen molar-refractivity contribution in [2.45, 2.75) is 19.9 Å². The number of fused-ring (bicyclic) bond motifs is 1. The molecule has 4 aromatic rings. The minimum Gasteiger partial charge on any atom is -0.461 e. The first kappa shape index (κ1) is 21.7. The van der Waals surface area contributed by atoms with Crippen molar-refractivity contribution in [3.05, 3.63) is 100 Å². The Hall–Kier alpha value is -3.51. The highest BCUT2D eigenvalue weighted by molar-refractivity contribution is 6.31. The molecule has 0 spiro atoms. The molecule has 0 aliphatic rings. The van der Waals surface area contributed by atoms with Crippen LogP contribution >= 0.6 is 11.6 Å². The molecule has 7 heteroatoms. The van der Waals surface area contributed by atoms with Crippen LogP contribution in [0.4, 0.5) is 4.39 Å². The van der Waals surface area contributed by atoms with Gasteiger partial charge in [-0.15, -0.1) is 0 Å². The summed E-state index contributed by atoms with van der Waals surface area (Å²) in [6.45, 7) is 2.22. The van der Waals surface area contributed by atoms with Gasteiger partial charge in [0.2, 0.25) is 0 Å². The molecule has 0 saturated carbocycles. The minimum atomic E-state index is -0.632. The predicted molar refractivity (Wildman–Crippen MR) is 121 cm³/mol. The summed E-state index contributed by atoms with van der Waals surface area (Å²) < 4.78 is 21.2. The van der Waals surface area contributed by atoms with Gasteiger partial charge < -0.3 is 9.30 Å². The normalized spacial score (nSPS) is 11.0. The summed E-state index contributed by atoms with van der Waals surface area (Å²) in [4.78, 5) is 30.6. The molecule has 0 radical (unpaired) electrons. The van der Waals surface area contributed by atoms with E-state index < -0.39 is 17.6 Å². The second-order valence-corrected chi connectivity index (χ2v) is 7.64. The number of aromatic nitrogens is 2. The van der Waals surface area contributed by atoms with E-state index in [1.54, 1.807) is 54.2 Å². The lowest BCUT2D eigenvalue weighted by molar-refractivity contribution is 0.0511. The molecule has 2 aromatic heterocycles. The van der Waals surface area contributed by atoms with Gasteiger partial charge in [-0.3, -0.25) is 9.78 Å². The number of rotatable bonds is 7. The summed E-state index contributed by atoms with van der Waals surface area (Å²) in [6.07, 6.45) is 4.00. The predicted octanol–water partition coefficient (Wildman–Crippen LogP) is 5.48. The maximum Gasteiger partial charge on any atom is 0.355 e. The summed E-state index contributed by atoms with van der Waals surface area (Å²) in [5, 5.41) is 0.844. The number of aryl methyl sites for hydroxylation is 2. The molecule has 32 heavy (non-hydrogen) atoms. The van der Waals surface area contributed by atoms with Crippen molar-refractivity contribution in [2.24, 2.45) is 0 Å². The Morgan fingerprint density at radius 2 is 1.91 bits per heavy atom. The second-order valence-electron chi connectivity index (χ2n) is 7.20. The topological polar surface area (TPSA) is 61.2 Å². The monoisotopic (exact) mass is 450 g/mol. The first-order valence-corrected chi connectivity index (χ1v) is 10.6. The van der Waals surface area contributed by atoms with E-state index in [0.717, 1.165) is 5.56 Å². The molecule has 0 N–H and O–H groups in total. The first-order chi connectivity index (χ1) is 15.5. The van der Waals surface area contributed by atoms with E-state index in [0.29, 0.717) is 34.5 Å². The molecular weight excluding hydrogens is 431 g/mol. The van der Waals surface area contributed by atoms with Gasteiger partial charge in [0.05, 0.1) is 12.2 Å². The van der Waals surface area contributed by atoms with Gasteiger partial charge in [-0.2, -0.15) is 0 Å². The molecule has 2 aromatic carbocycles. The van der Waals surface area contributed by atoms with E-state index in [2.05, 4.69) is 4.98 Å². The fraction of sp³-hybridized carbons (Fsp3) is 0.160. The van der Waals surface area contributed by atoms with Gasteiger partial charge in [0, 0.05) is 40.4 Å². The standard InChI is InChI=1S/C25H20ClFN2O3/c1-2-32-25(31)23-22(24(30)17-5-7-18(26)8-6-17)20-14-19(27)9-10-21(20)29(23)13-11-16-4-3-12-28-15-16/h3-10,12,14-15H,2,11,13H2,1H3. The van der Waals surface area contributed by atoms with Crippen LogP contribution in [0.3, 0.4) is 0 Å². The highest BCUT2D eigenvalue weighted by Gasteiger charge is 2.29. The molecule has 0 atom stereocenters. The Morgan fingerprint density at radius 3 is 2.59 bits per heavy atom. The highest BCUT2D eigenvalue weighted by atomic mass is 35.5. The van der Waals surface area contributed by atoms with Crippen molar-refractivity contribution in [1.29, 1.82) is 0 Å². The number of hydrogen-bond acceptors (Lipinski definition) is 4. The van der Waals surface area contributed by atoms with E-state index >= 15 is 0 Å².